The van der Waals surface area contributed by atoms with Crippen LogP contribution >= 0.6 is 0 Å². The standard InChI is InChI=1S/C24H25N3O6S/c1-16(2)33-19-13-11-17(12-14-19)23(28)25-26-24(29)18-7-6-8-20(15-18)34(30,31)27-21-9-4-5-10-22(21)32-3/h4-16,27H,1-3H3,(H,25,28)(H,26,29). The summed E-state index contributed by atoms with van der Waals surface area (Å²) in [7, 11) is -2.57. The highest BCUT2D eigenvalue weighted by Crippen LogP contribution is 2.26. The molecule has 10 heteroatoms. The lowest BCUT2D eigenvalue weighted by Gasteiger charge is -2.13. The van der Waals surface area contributed by atoms with Crippen LogP contribution in [0.4, 0.5) is 5.69 Å². The highest BCUT2D eigenvalue weighted by atomic mass is 32.2. The molecule has 3 aromatic carbocycles. The van der Waals surface area contributed by atoms with Crippen LogP contribution in [-0.2, 0) is 10.0 Å². The third kappa shape index (κ3) is 6.26. The van der Waals surface area contributed by atoms with E-state index in [0.29, 0.717) is 17.1 Å². The summed E-state index contributed by atoms with van der Waals surface area (Å²) in [4.78, 5) is 24.7. The van der Waals surface area contributed by atoms with Crippen molar-refractivity contribution in [1.29, 1.82) is 0 Å². The Morgan fingerprint density at radius 2 is 1.47 bits per heavy atom. The number of para-hydroxylation sites is 2. The lowest BCUT2D eigenvalue weighted by Crippen LogP contribution is -2.41. The van der Waals surface area contributed by atoms with Gasteiger partial charge in [-0.05, 0) is 68.4 Å². The molecule has 0 saturated carbocycles. The van der Waals surface area contributed by atoms with Gasteiger partial charge in [-0.15, -0.1) is 0 Å². The fourth-order valence-corrected chi connectivity index (χ4v) is 4.07. The van der Waals surface area contributed by atoms with Crippen LogP contribution < -0.4 is 25.0 Å². The molecule has 3 rings (SSSR count). The third-order valence-corrected chi connectivity index (χ3v) is 5.90. The molecular weight excluding hydrogens is 458 g/mol. The van der Waals surface area contributed by atoms with Crippen molar-refractivity contribution in [2.45, 2.75) is 24.8 Å². The second-order valence-corrected chi connectivity index (χ2v) is 9.12. The number of hydrogen-bond donors (Lipinski definition) is 3. The second kappa shape index (κ2) is 10.7. The van der Waals surface area contributed by atoms with Crippen LogP contribution in [0.5, 0.6) is 11.5 Å². The molecule has 0 atom stereocenters. The van der Waals surface area contributed by atoms with Crippen LogP contribution in [0.1, 0.15) is 34.6 Å². The molecular formula is C24H25N3O6S. The molecule has 0 spiro atoms. The minimum absolute atomic E-state index is 0.00321. The van der Waals surface area contributed by atoms with Gasteiger partial charge in [0.15, 0.2) is 0 Å². The van der Waals surface area contributed by atoms with Crippen LogP contribution in [0.15, 0.2) is 77.7 Å². The average molecular weight is 484 g/mol. The largest absolute Gasteiger partial charge is 0.495 e. The first-order valence-electron chi connectivity index (χ1n) is 10.3. The molecule has 0 aliphatic rings. The van der Waals surface area contributed by atoms with Crippen LogP contribution in [0, 0.1) is 0 Å². The number of hydrogen-bond acceptors (Lipinski definition) is 6. The zero-order chi connectivity index (χ0) is 24.7. The summed E-state index contributed by atoms with van der Waals surface area (Å²) in [6.07, 6.45) is 0.00321. The number of sulfonamides is 1. The van der Waals surface area contributed by atoms with E-state index in [1.807, 2.05) is 13.8 Å². The quantitative estimate of drug-likeness (QED) is 0.422. The zero-order valence-corrected chi connectivity index (χ0v) is 19.7. The molecule has 0 bridgehead atoms. The number of carbonyl (C=O) groups is 2. The molecule has 0 heterocycles. The Kier molecular flexibility index (Phi) is 7.75. The Morgan fingerprint density at radius 1 is 0.824 bits per heavy atom. The van der Waals surface area contributed by atoms with E-state index in [1.54, 1.807) is 48.5 Å². The summed E-state index contributed by atoms with van der Waals surface area (Å²) >= 11 is 0. The molecule has 34 heavy (non-hydrogen) atoms. The van der Waals surface area contributed by atoms with E-state index in [0.717, 1.165) is 0 Å². The third-order valence-electron chi connectivity index (χ3n) is 4.54. The monoisotopic (exact) mass is 483 g/mol. The van der Waals surface area contributed by atoms with Gasteiger partial charge in [0.2, 0.25) is 0 Å². The normalized spacial score (nSPS) is 10.9. The average Bonchev–Trinajstić information content (AvgIpc) is 2.82. The van der Waals surface area contributed by atoms with Crippen molar-refractivity contribution in [2.24, 2.45) is 0 Å². The molecule has 0 fully saturated rings. The number of rotatable bonds is 8. The Hall–Kier alpha value is -4.05. The SMILES string of the molecule is COc1ccccc1NS(=O)(=O)c1cccc(C(=O)NNC(=O)c2ccc(OC(C)C)cc2)c1. The Morgan fingerprint density at radius 3 is 2.12 bits per heavy atom. The summed E-state index contributed by atoms with van der Waals surface area (Å²) in [6.45, 7) is 3.79. The first-order chi connectivity index (χ1) is 16.2. The smallest absolute Gasteiger partial charge is 0.269 e. The maximum Gasteiger partial charge on any atom is 0.269 e. The maximum absolute atomic E-state index is 12.8. The van der Waals surface area contributed by atoms with Crippen molar-refractivity contribution in [1.82, 2.24) is 10.9 Å². The Balaban J connectivity index is 1.66. The predicted octanol–water partition coefficient (Wildman–Crippen LogP) is 3.36. The number of amides is 2. The van der Waals surface area contributed by atoms with Gasteiger partial charge in [0.25, 0.3) is 21.8 Å². The van der Waals surface area contributed by atoms with Crippen molar-refractivity contribution in [3.05, 3.63) is 83.9 Å². The van der Waals surface area contributed by atoms with Crippen molar-refractivity contribution in [3.63, 3.8) is 0 Å². The van der Waals surface area contributed by atoms with E-state index in [2.05, 4.69) is 15.6 Å². The fraction of sp³-hybridized carbons (Fsp3) is 0.167. The number of carbonyl (C=O) groups excluding carboxylic acids is 2. The summed E-state index contributed by atoms with van der Waals surface area (Å²) in [5, 5.41) is 0. The second-order valence-electron chi connectivity index (χ2n) is 7.43. The van der Waals surface area contributed by atoms with Gasteiger partial charge in [-0.3, -0.25) is 25.2 Å². The van der Waals surface area contributed by atoms with Crippen LogP contribution in [0.2, 0.25) is 0 Å². The summed E-state index contributed by atoms with van der Waals surface area (Å²) in [5.41, 5.74) is 5.22. The molecule has 0 aliphatic carbocycles. The van der Waals surface area contributed by atoms with E-state index in [1.165, 1.54) is 31.4 Å². The van der Waals surface area contributed by atoms with E-state index >= 15 is 0 Å². The van der Waals surface area contributed by atoms with Crippen molar-refractivity contribution >= 4 is 27.5 Å². The van der Waals surface area contributed by atoms with Crippen LogP contribution in [0.25, 0.3) is 0 Å². The molecule has 3 N–H and O–H groups in total. The lowest BCUT2D eigenvalue weighted by molar-refractivity contribution is 0.0846. The van der Waals surface area contributed by atoms with E-state index < -0.39 is 21.8 Å². The van der Waals surface area contributed by atoms with Gasteiger partial charge in [-0.25, -0.2) is 8.42 Å². The highest BCUT2D eigenvalue weighted by Gasteiger charge is 2.18. The number of methoxy groups -OCH3 is 1. The fourth-order valence-electron chi connectivity index (χ4n) is 2.95. The Labute approximate surface area is 198 Å². The van der Waals surface area contributed by atoms with Crippen LogP contribution in [0.3, 0.4) is 0 Å². The molecule has 2 amide bonds. The number of benzene rings is 3. The van der Waals surface area contributed by atoms with E-state index in [-0.39, 0.29) is 22.3 Å². The minimum Gasteiger partial charge on any atom is -0.495 e. The molecule has 178 valence electrons. The van der Waals surface area contributed by atoms with Gasteiger partial charge in [0.05, 0.1) is 23.8 Å². The summed E-state index contributed by atoms with van der Waals surface area (Å²) < 4.78 is 38.8. The first-order valence-corrected chi connectivity index (χ1v) is 11.8. The van der Waals surface area contributed by atoms with Gasteiger partial charge < -0.3 is 9.47 Å². The predicted molar refractivity (Wildman–Crippen MR) is 127 cm³/mol. The molecule has 0 unspecified atom stereocenters. The van der Waals surface area contributed by atoms with Gasteiger partial charge in [-0.1, -0.05) is 18.2 Å². The van der Waals surface area contributed by atoms with Gasteiger partial charge in [0, 0.05) is 11.1 Å². The molecule has 9 nitrogen and oxygen atoms in total. The zero-order valence-electron chi connectivity index (χ0n) is 18.9. The van der Waals surface area contributed by atoms with Crippen LogP contribution in [-0.4, -0.2) is 33.4 Å². The topological polar surface area (TPSA) is 123 Å². The Bertz CT molecular complexity index is 1270. The molecule has 3 aromatic rings. The molecule has 0 radical (unpaired) electrons. The molecule has 0 aliphatic heterocycles. The number of hydrazine groups is 1. The number of ether oxygens (including phenoxy) is 2. The highest BCUT2D eigenvalue weighted by molar-refractivity contribution is 7.92. The number of nitrogens with one attached hydrogen (secondary N) is 3. The van der Waals surface area contributed by atoms with Gasteiger partial charge in [0.1, 0.15) is 11.5 Å². The first kappa shape index (κ1) is 24.6. The molecule has 0 saturated heterocycles. The number of anilines is 1. The summed E-state index contributed by atoms with van der Waals surface area (Å²) in [6, 6.07) is 18.4. The maximum atomic E-state index is 12.8. The summed E-state index contributed by atoms with van der Waals surface area (Å²) in [5.74, 6) is -0.240. The van der Waals surface area contributed by atoms with Crippen molar-refractivity contribution < 1.29 is 27.5 Å². The van der Waals surface area contributed by atoms with Crippen molar-refractivity contribution in [2.75, 3.05) is 11.8 Å². The van der Waals surface area contributed by atoms with Gasteiger partial charge >= 0.3 is 0 Å². The minimum atomic E-state index is -4.00. The van der Waals surface area contributed by atoms with Gasteiger partial charge in [-0.2, -0.15) is 0 Å². The van der Waals surface area contributed by atoms with E-state index in [9.17, 15) is 18.0 Å². The van der Waals surface area contributed by atoms with Crippen molar-refractivity contribution in [3.8, 4) is 11.5 Å². The van der Waals surface area contributed by atoms with E-state index in [4.69, 9.17) is 9.47 Å². The molecule has 0 aromatic heterocycles. The lowest BCUT2D eigenvalue weighted by atomic mass is 10.2.